The molecule has 6 heteroatoms. The SMILES string of the molecule is COCC(=O)Nc1nc(C)c(N)s1. The van der Waals surface area contributed by atoms with Crippen LogP contribution in [-0.2, 0) is 9.53 Å². The molecule has 0 atom stereocenters. The Morgan fingerprint density at radius 1 is 1.77 bits per heavy atom. The molecule has 13 heavy (non-hydrogen) atoms. The van der Waals surface area contributed by atoms with E-state index in [-0.39, 0.29) is 12.5 Å². The van der Waals surface area contributed by atoms with Crippen molar-refractivity contribution in [2.45, 2.75) is 6.92 Å². The highest BCUT2D eigenvalue weighted by Crippen LogP contribution is 2.23. The van der Waals surface area contributed by atoms with Gasteiger partial charge >= 0.3 is 0 Å². The molecule has 1 aromatic rings. The van der Waals surface area contributed by atoms with Crippen molar-refractivity contribution in [3.63, 3.8) is 0 Å². The van der Waals surface area contributed by atoms with Crippen LogP contribution in [0.25, 0.3) is 0 Å². The normalized spacial score (nSPS) is 10.0. The molecular weight excluding hydrogens is 190 g/mol. The summed E-state index contributed by atoms with van der Waals surface area (Å²) in [5, 5.41) is 3.70. The first-order chi connectivity index (χ1) is 6.13. The number of nitrogen functional groups attached to an aromatic ring is 1. The number of ether oxygens (including phenoxy) is 1. The molecule has 5 nitrogen and oxygen atoms in total. The Hall–Kier alpha value is -1.14. The van der Waals surface area contributed by atoms with Gasteiger partial charge in [-0.1, -0.05) is 11.3 Å². The van der Waals surface area contributed by atoms with Crippen molar-refractivity contribution in [1.82, 2.24) is 4.98 Å². The van der Waals surface area contributed by atoms with Gasteiger partial charge in [-0.25, -0.2) is 4.98 Å². The molecule has 0 aliphatic carbocycles. The Morgan fingerprint density at radius 2 is 2.46 bits per heavy atom. The number of hydrogen-bond acceptors (Lipinski definition) is 5. The minimum absolute atomic E-state index is 0.0263. The fourth-order valence-corrected chi connectivity index (χ4v) is 1.50. The number of carbonyl (C=O) groups is 1. The van der Waals surface area contributed by atoms with Crippen molar-refractivity contribution >= 4 is 27.4 Å². The lowest BCUT2D eigenvalue weighted by Gasteiger charge is -1.98. The lowest BCUT2D eigenvalue weighted by atomic mass is 10.5. The predicted molar refractivity (Wildman–Crippen MR) is 51.8 cm³/mol. The van der Waals surface area contributed by atoms with Crippen molar-refractivity contribution in [2.75, 3.05) is 24.8 Å². The van der Waals surface area contributed by atoms with E-state index in [1.54, 1.807) is 6.92 Å². The molecule has 3 N–H and O–H groups in total. The van der Waals surface area contributed by atoms with Gasteiger partial charge in [0, 0.05) is 7.11 Å². The number of carbonyl (C=O) groups excluding carboxylic acids is 1. The molecule has 1 rings (SSSR count). The third-order valence-corrected chi connectivity index (χ3v) is 2.26. The molecule has 1 amide bonds. The minimum atomic E-state index is -0.226. The van der Waals surface area contributed by atoms with E-state index in [0.717, 1.165) is 5.69 Å². The van der Waals surface area contributed by atoms with E-state index in [0.29, 0.717) is 10.1 Å². The summed E-state index contributed by atoms with van der Waals surface area (Å²) in [5.74, 6) is -0.226. The fourth-order valence-electron chi connectivity index (χ4n) is 0.748. The highest BCUT2D eigenvalue weighted by molar-refractivity contribution is 7.19. The summed E-state index contributed by atoms with van der Waals surface area (Å²) < 4.78 is 4.65. The molecule has 0 unspecified atom stereocenters. The maximum absolute atomic E-state index is 11.0. The van der Waals surface area contributed by atoms with Crippen LogP contribution in [0.5, 0.6) is 0 Å². The number of methoxy groups -OCH3 is 1. The van der Waals surface area contributed by atoms with Crippen molar-refractivity contribution in [3.05, 3.63) is 5.69 Å². The number of anilines is 2. The molecule has 0 aliphatic heterocycles. The summed E-state index contributed by atoms with van der Waals surface area (Å²) in [7, 11) is 1.46. The Kier molecular flexibility index (Phi) is 3.21. The Bertz CT molecular complexity index is 291. The molecule has 0 aliphatic rings. The van der Waals surface area contributed by atoms with Crippen molar-refractivity contribution < 1.29 is 9.53 Å². The molecule has 1 heterocycles. The lowest BCUT2D eigenvalue weighted by molar-refractivity contribution is -0.119. The van der Waals surface area contributed by atoms with E-state index < -0.39 is 0 Å². The number of amides is 1. The maximum Gasteiger partial charge on any atom is 0.252 e. The molecule has 0 saturated carbocycles. The maximum atomic E-state index is 11.0. The van der Waals surface area contributed by atoms with E-state index in [1.807, 2.05) is 0 Å². The second-order valence-electron chi connectivity index (χ2n) is 2.45. The number of thiazole rings is 1. The summed E-state index contributed by atoms with van der Waals surface area (Å²) in [6, 6.07) is 0. The van der Waals surface area contributed by atoms with E-state index >= 15 is 0 Å². The standard InChI is InChI=1S/C7H11N3O2S/c1-4-6(8)13-7(9-4)10-5(11)3-12-2/h3,8H2,1-2H3,(H,9,10,11). The molecule has 0 spiro atoms. The number of nitrogens with zero attached hydrogens (tertiary/aromatic N) is 1. The molecule has 0 saturated heterocycles. The average molecular weight is 201 g/mol. The van der Waals surface area contributed by atoms with Gasteiger partial charge in [-0.15, -0.1) is 0 Å². The summed E-state index contributed by atoms with van der Waals surface area (Å²) in [6.45, 7) is 1.82. The monoisotopic (exact) mass is 201 g/mol. The summed E-state index contributed by atoms with van der Waals surface area (Å²) in [5.41, 5.74) is 6.30. The number of nitrogens with one attached hydrogen (secondary N) is 1. The molecule has 0 bridgehead atoms. The molecule has 0 fully saturated rings. The van der Waals surface area contributed by atoms with Gasteiger partial charge in [0.1, 0.15) is 11.6 Å². The van der Waals surface area contributed by atoms with Crippen LogP contribution in [0.1, 0.15) is 5.69 Å². The van der Waals surface area contributed by atoms with Crippen LogP contribution in [0.3, 0.4) is 0 Å². The van der Waals surface area contributed by atoms with E-state index in [4.69, 9.17) is 5.73 Å². The number of aryl methyl sites for hydroxylation is 1. The second-order valence-corrected chi connectivity index (χ2v) is 3.48. The van der Waals surface area contributed by atoms with Gasteiger partial charge < -0.3 is 10.5 Å². The number of aromatic nitrogens is 1. The summed E-state index contributed by atoms with van der Waals surface area (Å²) in [6.07, 6.45) is 0. The van der Waals surface area contributed by atoms with Crippen LogP contribution in [-0.4, -0.2) is 24.6 Å². The van der Waals surface area contributed by atoms with E-state index in [9.17, 15) is 4.79 Å². The van der Waals surface area contributed by atoms with Gasteiger partial charge in [0.15, 0.2) is 5.13 Å². The van der Waals surface area contributed by atoms with Crippen LogP contribution < -0.4 is 11.1 Å². The highest BCUT2D eigenvalue weighted by atomic mass is 32.1. The van der Waals surface area contributed by atoms with Crippen LogP contribution >= 0.6 is 11.3 Å². The van der Waals surface area contributed by atoms with Gasteiger partial charge in [0.25, 0.3) is 5.91 Å². The van der Waals surface area contributed by atoms with Gasteiger partial charge in [-0.3, -0.25) is 10.1 Å². The zero-order valence-electron chi connectivity index (χ0n) is 7.46. The number of hydrogen-bond donors (Lipinski definition) is 2. The van der Waals surface area contributed by atoms with Crippen LogP contribution in [0, 0.1) is 6.92 Å². The highest BCUT2D eigenvalue weighted by Gasteiger charge is 2.07. The molecule has 72 valence electrons. The smallest absolute Gasteiger partial charge is 0.252 e. The van der Waals surface area contributed by atoms with Crippen LogP contribution in [0.2, 0.25) is 0 Å². The largest absolute Gasteiger partial charge is 0.389 e. The quantitative estimate of drug-likeness (QED) is 0.751. The summed E-state index contributed by atoms with van der Waals surface area (Å²) in [4.78, 5) is 15.1. The predicted octanol–water partition coefficient (Wildman–Crippen LogP) is 0.619. The Balaban J connectivity index is 2.59. The third kappa shape index (κ3) is 2.67. The zero-order valence-corrected chi connectivity index (χ0v) is 8.27. The van der Waals surface area contributed by atoms with Crippen molar-refractivity contribution in [3.8, 4) is 0 Å². The van der Waals surface area contributed by atoms with E-state index in [1.165, 1.54) is 18.4 Å². The van der Waals surface area contributed by atoms with Crippen LogP contribution in [0.4, 0.5) is 10.1 Å². The first-order valence-electron chi connectivity index (χ1n) is 3.65. The third-order valence-electron chi connectivity index (χ3n) is 1.35. The molecule has 0 radical (unpaired) electrons. The van der Waals surface area contributed by atoms with E-state index in [2.05, 4.69) is 15.0 Å². The van der Waals surface area contributed by atoms with Crippen molar-refractivity contribution in [2.24, 2.45) is 0 Å². The minimum Gasteiger partial charge on any atom is -0.389 e. The Labute approximate surface area is 79.9 Å². The zero-order chi connectivity index (χ0) is 9.84. The van der Waals surface area contributed by atoms with Gasteiger partial charge in [-0.05, 0) is 6.92 Å². The number of nitrogens with two attached hydrogens (primary N) is 1. The lowest BCUT2D eigenvalue weighted by Crippen LogP contribution is -2.16. The molecule has 0 aromatic carbocycles. The topological polar surface area (TPSA) is 77.2 Å². The summed E-state index contributed by atoms with van der Waals surface area (Å²) >= 11 is 1.25. The first kappa shape index (κ1) is 9.94. The Morgan fingerprint density at radius 3 is 2.92 bits per heavy atom. The fraction of sp³-hybridized carbons (Fsp3) is 0.429. The van der Waals surface area contributed by atoms with Gasteiger partial charge in [0.2, 0.25) is 0 Å². The number of rotatable bonds is 3. The van der Waals surface area contributed by atoms with Gasteiger partial charge in [-0.2, -0.15) is 0 Å². The van der Waals surface area contributed by atoms with Crippen LogP contribution in [0.15, 0.2) is 0 Å². The van der Waals surface area contributed by atoms with Gasteiger partial charge in [0.05, 0.1) is 5.69 Å². The molecular formula is C7H11N3O2S. The molecule has 1 aromatic heterocycles. The average Bonchev–Trinajstić information content (AvgIpc) is 2.31. The second kappa shape index (κ2) is 4.20. The van der Waals surface area contributed by atoms with Crippen molar-refractivity contribution in [1.29, 1.82) is 0 Å². The first-order valence-corrected chi connectivity index (χ1v) is 4.47.